The minimum Gasteiger partial charge on any atom is -0.303 e. The van der Waals surface area contributed by atoms with Gasteiger partial charge < -0.3 is 5.32 Å². The average molecular weight is 337 g/mol. The van der Waals surface area contributed by atoms with Gasteiger partial charge in [0, 0.05) is 0 Å². The van der Waals surface area contributed by atoms with Gasteiger partial charge in [-0.25, -0.2) is 0 Å². The first-order valence-electron chi connectivity index (χ1n) is 7.73. The number of thioether (sulfide) groups is 1. The van der Waals surface area contributed by atoms with Crippen LogP contribution in [0.5, 0.6) is 0 Å². The Kier molecular flexibility index (Phi) is 5.01. The van der Waals surface area contributed by atoms with Crippen molar-refractivity contribution < 1.29 is 4.79 Å². The molecule has 0 radical (unpaired) electrons. The lowest BCUT2D eigenvalue weighted by Gasteiger charge is -2.06. The Hall–Kier alpha value is -2.53. The SMILES string of the molecule is C=C(N/N=C1\NC(=O)[C@@H](Cc2ccccc2)S1)c1ccc(C)cc1. The molecule has 122 valence electrons. The number of rotatable bonds is 5. The molecule has 24 heavy (non-hydrogen) atoms. The molecule has 2 aromatic carbocycles. The van der Waals surface area contributed by atoms with Gasteiger partial charge in [0.25, 0.3) is 0 Å². The molecular formula is C19H19N3OS. The van der Waals surface area contributed by atoms with E-state index in [0.717, 1.165) is 11.1 Å². The number of hydrazone groups is 1. The molecular weight excluding hydrogens is 318 g/mol. The number of carbonyl (C=O) groups is 1. The summed E-state index contributed by atoms with van der Waals surface area (Å²) in [4.78, 5) is 12.1. The number of nitrogens with one attached hydrogen (secondary N) is 2. The van der Waals surface area contributed by atoms with Gasteiger partial charge in [-0.3, -0.25) is 10.2 Å². The molecule has 0 spiro atoms. The van der Waals surface area contributed by atoms with Crippen LogP contribution in [-0.4, -0.2) is 16.3 Å². The molecule has 0 saturated carbocycles. The second-order valence-electron chi connectivity index (χ2n) is 5.66. The van der Waals surface area contributed by atoms with Crippen molar-refractivity contribution in [3.05, 3.63) is 77.9 Å². The van der Waals surface area contributed by atoms with E-state index in [-0.39, 0.29) is 11.2 Å². The Morgan fingerprint density at radius 1 is 1.21 bits per heavy atom. The van der Waals surface area contributed by atoms with Crippen molar-refractivity contribution in [1.29, 1.82) is 0 Å². The van der Waals surface area contributed by atoms with Crippen molar-refractivity contribution in [2.45, 2.75) is 18.6 Å². The molecule has 1 atom stereocenters. The predicted molar refractivity (Wildman–Crippen MR) is 100 cm³/mol. The smallest absolute Gasteiger partial charge is 0.239 e. The summed E-state index contributed by atoms with van der Waals surface area (Å²) in [6.45, 7) is 6.02. The first-order chi connectivity index (χ1) is 11.6. The van der Waals surface area contributed by atoms with Gasteiger partial charge in [-0.2, -0.15) is 0 Å². The van der Waals surface area contributed by atoms with E-state index in [1.165, 1.54) is 17.3 Å². The zero-order chi connectivity index (χ0) is 16.9. The number of aryl methyl sites for hydroxylation is 1. The molecule has 1 fully saturated rings. The van der Waals surface area contributed by atoms with E-state index >= 15 is 0 Å². The lowest BCUT2D eigenvalue weighted by molar-refractivity contribution is -0.118. The van der Waals surface area contributed by atoms with Crippen LogP contribution in [0.25, 0.3) is 5.70 Å². The Bertz CT molecular complexity index is 769. The number of amides is 1. The summed E-state index contributed by atoms with van der Waals surface area (Å²) in [6.07, 6.45) is 0.690. The van der Waals surface area contributed by atoms with Crippen molar-refractivity contribution in [3.63, 3.8) is 0 Å². The Balaban J connectivity index is 1.59. The topological polar surface area (TPSA) is 53.5 Å². The Labute approximate surface area is 146 Å². The molecule has 2 aromatic rings. The lowest BCUT2D eigenvalue weighted by atomic mass is 10.1. The van der Waals surface area contributed by atoms with E-state index < -0.39 is 0 Å². The first-order valence-corrected chi connectivity index (χ1v) is 8.61. The number of hydrogen-bond donors (Lipinski definition) is 2. The predicted octanol–water partition coefficient (Wildman–Crippen LogP) is 3.30. The van der Waals surface area contributed by atoms with E-state index in [2.05, 4.69) is 22.4 Å². The van der Waals surface area contributed by atoms with E-state index in [4.69, 9.17) is 0 Å². The summed E-state index contributed by atoms with van der Waals surface area (Å²) >= 11 is 1.44. The summed E-state index contributed by atoms with van der Waals surface area (Å²) in [6, 6.07) is 18.0. The zero-order valence-electron chi connectivity index (χ0n) is 13.5. The van der Waals surface area contributed by atoms with Crippen LogP contribution in [-0.2, 0) is 11.2 Å². The van der Waals surface area contributed by atoms with Crippen molar-refractivity contribution >= 4 is 28.5 Å². The molecule has 1 aliphatic rings. The Morgan fingerprint density at radius 3 is 2.62 bits per heavy atom. The molecule has 0 unspecified atom stereocenters. The number of carbonyl (C=O) groups excluding carboxylic acids is 1. The molecule has 0 bridgehead atoms. The fraction of sp³-hybridized carbons (Fsp3) is 0.158. The van der Waals surface area contributed by atoms with Gasteiger partial charge >= 0.3 is 0 Å². The van der Waals surface area contributed by atoms with Gasteiger partial charge in [-0.05, 0) is 24.5 Å². The fourth-order valence-corrected chi connectivity index (χ4v) is 3.33. The van der Waals surface area contributed by atoms with Crippen LogP contribution < -0.4 is 10.7 Å². The van der Waals surface area contributed by atoms with Crippen LogP contribution in [0.15, 0.2) is 66.3 Å². The second-order valence-corrected chi connectivity index (χ2v) is 6.85. The number of nitrogens with zero attached hydrogens (tertiary/aromatic N) is 1. The minimum absolute atomic E-state index is 0.00893. The van der Waals surface area contributed by atoms with E-state index in [9.17, 15) is 4.79 Å². The summed E-state index contributed by atoms with van der Waals surface area (Å²) in [5, 5.41) is 7.50. The van der Waals surface area contributed by atoms with Crippen LogP contribution in [0.1, 0.15) is 16.7 Å². The highest BCUT2D eigenvalue weighted by atomic mass is 32.2. The van der Waals surface area contributed by atoms with Gasteiger partial charge in [0.1, 0.15) is 0 Å². The summed E-state index contributed by atoms with van der Waals surface area (Å²) in [5.74, 6) is -0.00893. The maximum absolute atomic E-state index is 12.1. The molecule has 2 N–H and O–H groups in total. The average Bonchev–Trinajstić information content (AvgIpc) is 2.94. The van der Waals surface area contributed by atoms with Crippen LogP contribution >= 0.6 is 11.8 Å². The number of benzene rings is 2. The van der Waals surface area contributed by atoms with Crippen LogP contribution in [0.4, 0.5) is 0 Å². The Morgan fingerprint density at radius 2 is 1.92 bits per heavy atom. The minimum atomic E-state index is -0.152. The van der Waals surface area contributed by atoms with Gasteiger partial charge in [-0.15, -0.1) is 5.10 Å². The summed E-state index contributed by atoms with van der Waals surface area (Å²) in [5.41, 5.74) is 6.93. The van der Waals surface area contributed by atoms with Crippen LogP contribution in [0, 0.1) is 6.92 Å². The third kappa shape index (κ3) is 4.06. The normalized spacial score (nSPS) is 18.5. The van der Waals surface area contributed by atoms with Crippen LogP contribution in [0.2, 0.25) is 0 Å². The van der Waals surface area contributed by atoms with Crippen LogP contribution in [0.3, 0.4) is 0 Å². The quantitative estimate of drug-likeness (QED) is 0.823. The first kappa shape index (κ1) is 16.3. The standard InChI is InChI=1S/C19H19N3OS/c1-13-8-10-16(11-9-13)14(2)21-22-19-20-18(23)17(24-19)12-15-6-4-3-5-7-15/h3-11,17,21H,2,12H2,1H3,(H,20,22,23)/t17-/m1/s1. The highest BCUT2D eigenvalue weighted by Gasteiger charge is 2.30. The molecule has 4 nitrogen and oxygen atoms in total. The third-order valence-electron chi connectivity index (χ3n) is 3.73. The van der Waals surface area contributed by atoms with Gasteiger partial charge in [0.15, 0.2) is 5.17 Å². The van der Waals surface area contributed by atoms with Crippen molar-refractivity contribution in [3.8, 4) is 0 Å². The second kappa shape index (κ2) is 7.36. The lowest BCUT2D eigenvalue weighted by Crippen LogP contribution is -2.26. The fourth-order valence-electron chi connectivity index (χ4n) is 2.36. The van der Waals surface area contributed by atoms with Crippen molar-refractivity contribution in [2.75, 3.05) is 0 Å². The largest absolute Gasteiger partial charge is 0.303 e. The molecule has 0 aromatic heterocycles. The monoisotopic (exact) mass is 337 g/mol. The summed E-state index contributed by atoms with van der Waals surface area (Å²) < 4.78 is 0. The van der Waals surface area contributed by atoms with E-state index in [1.807, 2.05) is 61.5 Å². The number of amidine groups is 1. The molecule has 0 aliphatic carbocycles. The molecule has 1 saturated heterocycles. The van der Waals surface area contributed by atoms with Gasteiger partial charge in [0.05, 0.1) is 10.9 Å². The maximum atomic E-state index is 12.1. The number of hydrogen-bond acceptors (Lipinski definition) is 4. The van der Waals surface area contributed by atoms with Crippen molar-refractivity contribution in [1.82, 2.24) is 10.7 Å². The molecule has 3 rings (SSSR count). The maximum Gasteiger partial charge on any atom is 0.239 e. The molecule has 5 heteroatoms. The van der Waals surface area contributed by atoms with Gasteiger partial charge in [0.2, 0.25) is 5.91 Å². The molecule has 1 heterocycles. The highest BCUT2D eigenvalue weighted by molar-refractivity contribution is 8.15. The highest BCUT2D eigenvalue weighted by Crippen LogP contribution is 2.23. The van der Waals surface area contributed by atoms with Crippen molar-refractivity contribution in [2.24, 2.45) is 5.10 Å². The zero-order valence-corrected chi connectivity index (χ0v) is 14.3. The van der Waals surface area contributed by atoms with E-state index in [1.54, 1.807) is 0 Å². The van der Waals surface area contributed by atoms with E-state index in [0.29, 0.717) is 17.3 Å². The molecule has 1 aliphatic heterocycles. The van der Waals surface area contributed by atoms with Gasteiger partial charge in [-0.1, -0.05) is 78.5 Å². The summed E-state index contributed by atoms with van der Waals surface area (Å²) in [7, 11) is 0. The third-order valence-corrected chi connectivity index (χ3v) is 4.81. The molecule has 1 amide bonds.